The number of nitrogens with zero attached hydrogens (tertiary/aromatic N) is 6. The molecule has 3 aromatic rings. The molecule has 0 saturated carbocycles. The topological polar surface area (TPSA) is 107 Å². The first-order valence-electron chi connectivity index (χ1n) is 12.5. The molecule has 9 nitrogen and oxygen atoms in total. The number of rotatable bonds is 5. The molecule has 6 rings (SSSR count). The molecule has 4 N–H and O–H groups in total. The summed E-state index contributed by atoms with van der Waals surface area (Å²) in [7, 11) is 0. The average molecular weight is 473 g/mol. The number of fused-ring (bicyclic) bond motifs is 2. The molecule has 0 spiro atoms. The standard InChI is InChI=1S/C26H32N8O/c27-26-23(14-22(30-31-26)21-3-1-2-4-24(21)35)33-16-19-5-6-20(17-33)34(19)25-13-18(7-8-29-25)15-32-11-9-28-10-12-32/h1-4,7-8,13-14,19-20,28,35H,5-6,9-12,15-17H2,(H2,27,31)/t19-,20+. The minimum atomic E-state index is 0.189. The van der Waals surface area contributed by atoms with Gasteiger partial charge in [0, 0.05) is 69.7 Å². The van der Waals surface area contributed by atoms with E-state index < -0.39 is 0 Å². The smallest absolute Gasteiger partial charge is 0.169 e. The van der Waals surface area contributed by atoms with Crippen LogP contribution in [0.25, 0.3) is 11.3 Å². The molecular weight excluding hydrogens is 440 g/mol. The number of aromatic nitrogens is 3. The highest BCUT2D eigenvalue weighted by molar-refractivity contribution is 5.74. The second kappa shape index (κ2) is 9.31. The SMILES string of the molecule is Nc1nnc(-c2ccccc2O)cc1N1C[C@H]2CC[C@@H](C1)N2c1cc(CN2CCNCC2)ccn1. The highest BCUT2D eigenvalue weighted by atomic mass is 16.3. The second-order valence-corrected chi connectivity index (χ2v) is 9.76. The van der Waals surface area contributed by atoms with Crippen molar-refractivity contribution in [2.24, 2.45) is 0 Å². The van der Waals surface area contributed by atoms with Crippen molar-refractivity contribution in [3.05, 3.63) is 54.2 Å². The summed E-state index contributed by atoms with van der Waals surface area (Å²) in [6, 6.07) is 14.3. The molecule has 3 saturated heterocycles. The normalized spacial score (nSPS) is 22.5. The van der Waals surface area contributed by atoms with E-state index in [9.17, 15) is 5.11 Å². The zero-order valence-electron chi connectivity index (χ0n) is 19.8. The van der Waals surface area contributed by atoms with Crippen LogP contribution >= 0.6 is 0 Å². The molecule has 35 heavy (non-hydrogen) atoms. The van der Waals surface area contributed by atoms with E-state index in [0.29, 0.717) is 29.2 Å². The van der Waals surface area contributed by atoms with Crippen LogP contribution in [0.2, 0.25) is 0 Å². The van der Waals surface area contributed by atoms with Crippen LogP contribution in [0.5, 0.6) is 5.75 Å². The number of aromatic hydroxyl groups is 1. The van der Waals surface area contributed by atoms with E-state index in [4.69, 9.17) is 10.7 Å². The van der Waals surface area contributed by atoms with E-state index in [1.54, 1.807) is 12.1 Å². The van der Waals surface area contributed by atoms with Gasteiger partial charge in [-0.3, -0.25) is 4.90 Å². The summed E-state index contributed by atoms with van der Waals surface area (Å²) in [5.41, 5.74) is 9.79. The molecule has 0 amide bonds. The zero-order chi connectivity index (χ0) is 23.8. The Labute approximate surface area is 205 Å². The molecule has 3 aliphatic heterocycles. The molecule has 2 bridgehead atoms. The molecule has 2 atom stereocenters. The summed E-state index contributed by atoms with van der Waals surface area (Å²) in [5.74, 6) is 1.70. The van der Waals surface area contributed by atoms with E-state index in [1.165, 1.54) is 5.56 Å². The van der Waals surface area contributed by atoms with Gasteiger partial charge in [0.1, 0.15) is 11.6 Å². The summed E-state index contributed by atoms with van der Waals surface area (Å²) in [6.45, 7) is 6.98. The number of hydrogen-bond acceptors (Lipinski definition) is 9. The number of nitrogens with two attached hydrogens (primary N) is 1. The van der Waals surface area contributed by atoms with Crippen LogP contribution in [0, 0.1) is 0 Å². The fraction of sp³-hybridized carbons (Fsp3) is 0.423. The predicted molar refractivity (Wildman–Crippen MR) is 137 cm³/mol. The maximum absolute atomic E-state index is 10.3. The number of phenolic OH excluding ortho intramolecular Hbond substituents is 1. The third-order valence-electron chi connectivity index (χ3n) is 7.49. The monoisotopic (exact) mass is 472 g/mol. The van der Waals surface area contributed by atoms with Crippen molar-refractivity contribution in [2.75, 3.05) is 54.8 Å². The number of phenols is 1. The van der Waals surface area contributed by atoms with Gasteiger partial charge in [-0.05, 0) is 48.7 Å². The van der Waals surface area contributed by atoms with Gasteiger partial charge >= 0.3 is 0 Å². The lowest BCUT2D eigenvalue weighted by molar-refractivity contribution is 0.233. The van der Waals surface area contributed by atoms with Gasteiger partial charge in [0.25, 0.3) is 0 Å². The number of nitrogen functional groups attached to an aromatic ring is 1. The number of piperazine rings is 2. The number of para-hydroxylation sites is 1. The Morgan fingerprint density at radius 3 is 2.54 bits per heavy atom. The van der Waals surface area contributed by atoms with Crippen molar-refractivity contribution in [2.45, 2.75) is 31.5 Å². The minimum absolute atomic E-state index is 0.189. The van der Waals surface area contributed by atoms with Crippen LogP contribution in [0.15, 0.2) is 48.7 Å². The molecule has 3 fully saturated rings. The van der Waals surface area contributed by atoms with Gasteiger partial charge in [0.05, 0.1) is 11.4 Å². The first kappa shape index (κ1) is 22.1. The molecular formula is C26H32N8O. The second-order valence-electron chi connectivity index (χ2n) is 9.76. The number of hydrogen-bond donors (Lipinski definition) is 3. The first-order valence-corrected chi connectivity index (χ1v) is 12.5. The summed E-state index contributed by atoms with van der Waals surface area (Å²) in [5, 5.41) is 22.2. The van der Waals surface area contributed by atoms with Crippen molar-refractivity contribution in [1.29, 1.82) is 0 Å². The lowest BCUT2D eigenvalue weighted by Crippen LogP contribution is -2.54. The number of benzene rings is 1. The Kier molecular flexibility index (Phi) is 5.87. The van der Waals surface area contributed by atoms with Crippen LogP contribution in [0.1, 0.15) is 18.4 Å². The van der Waals surface area contributed by atoms with Crippen LogP contribution < -0.4 is 20.9 Å². The van der Waals surface area contributed by atoms with Gasteiger partial charge in [-0.2, -0.15) is 0 Å². The van der Waals surface area contributed by atoms with Gasteiger partial charge in [0.2, 0.25) is 0 Å². The van der Waals surface area contributed by atoms with Crippen LogP contribution in [-0.2, 0) is 6.54 Å². The Hall–Kier alpha value is -3.43. The van der Waals surface area contributed by atoms with Crippen LogP contribution in [0.3, 0.4) is 0 Å². The molecule has 0 aliphatic carbocycles. The molecule has 2 aromatic heterocycles. The van der Waals surface area contributed by atoms with E-state index >= 15 is 0 Å². The number of anilines is 3. The average Bonchev–Trinajstić information content (AvgIpc) is 3.15. The minimum Gasteiger partial charge on any atom is -0.507 e. The number of pyridine rings is 1. The van der Waals surface area contributed by atoms with Gasteiger partial charge in [-0.15, -0.1) is 10.2 Å². The van der Waals surface area contributed by atoms with Gasteiger partial charge < -0.3 is 26.0 Å². The van der Waals surface area contributed by atoms with Crippen molar-refractivity contribution in [1.82, 2.24) is 25.4 Å². The lowest BCUT2D eigenvalue weighted by atomic mass is 10.1. The quantitative estimate of drug-likeness (QED) is 0.515. The van der Waals surface area contributed by atoms with Crippen LogP contribution in [0.4, 0.5) is 17.3 Å². The van der Waals surface area contributed by atoms with Gasteiger partial charge in [-0.25, -0.2) is 4.98 Å². The molecule has 182 valence electrons. The van der Waals surface area contributed by atoms with E-state index in [0.717, 1.165) is 70.2 Å². The van der Waals surface area contributed by atoms with Gasteiger partial charge in [0.15, 0.2) is 5.82 Å². The summed E-state index contributed by atoms with van der Waals surface area (Å²) in [6.07, 6.45) is 4.23. The van der Waals surface area contributed by atoms with E-state index in [1.807, 2.05) is 24.4 Å². The van der Waals surface area contributed by atoms with E-state index in [2.05, 4.69) is 42.3 Å². The lowest BCUT2D eigenvalue weighted by Gasteiger charge is -2.43. The van der Waals surface area contributed by atoms with Crippen molar-refractivity contribution in [3.8, 4) is 17.0 Å². The summed E-state index contributed by atoms with van der Waals surface area (Å²) < 4.78 is 0. The maximum Gasteiger partial charge on any atom is 0.169 e. The highest BCUT2D eigenvalue weighted by Gasteiger charge is 2.41. The van der Waals surface area contributed by atoms with Crippen molar-refractivity contribution in [3.63, 3.8) is 0 Å². The molecule has 5 heterocycles. The largest absolute Gasteiger partial charge is 0.507 e. The first-order chi connectivity index (χ1) is 17.2. The summed E-state index contributed by atoms with van der Waals surface area (Å²) >= 11 is 0. The van der Waals surface area contributed by atoms with Crippen molar-refractivity contribution < 1.29 is 5.11 Å². The van der Waals surface area contributed by atoms with Crippen LogP contribution in [-0.4, -0.2) is 76.5 Å². The third kappa shape index (κ3) is 4.37. The number of nitrogens with one attached hydrogen (secondary N) is 1. The highest BCUT2D eigenvalue weighted by Crippen LogP contribution is 2.38. The van der Waals surface area contributed by atoms with Crippen molar-refractivity contribution >= 4 is 17.3 Å². The maximum atomic E-state index is 10.3. The molecule has 3 aliphatic rings. The third-order valence-corrected chi connectivity index (χ3v) is 7.49. The molecule has 1 aromatic carbocycles. The van der Waals surface area contributed by atoms with E-state index in [-0.39, 0.29) is 5.75 Å². The molecule has 0 unspecified atom stereocenters. The Morgan fingerprint density at radius 2 is 1.77 bits per heavy atom. The fourth-order valence-corrected chi connectivity index (χ4v) is 5.77. The van der Waals surface area contributed by atoms with Gasteiger partial charge in [-0.1, -0.05) is 12.1 Å². The Balaban J connectivity index is 1.22. The fourth-order valence-electron chi connectivity index (χ4n) is 5.77. The Morgan fingerprint density at radius 1 is 1.00 bits per heavy atom. The summed E-state index contributed by atoms with van der Waals surface area (Å²) in [4.78, 5) is 12.1. The zero-order valence-corrected chi connectivity index (χ0v) is 19.8. The Bertz CT molecular complexity index is 1180. The predicted octanol–water partition coefficient (Wildman–Crippen LogP) is 2.09. The molecule has 9 heteroatoms. The molecule has 0 radical (unpaired) electrons.